The minimum atomic E-state index is -0.470. The number of amides is 1. The zero-order valence-corrected chi connectivity index (χ0v) is 12.1. The molecule has 2 radical (unpaired) electrons. The van der Waals surface area contributed by atoms with E-state index in [2.05, 4.69) is 0 Å². The molecule has 1 aliphatic carbocycles. The van der Waals surface area contributed by atoms with Crippen LogP contribution in [0.3, 0.4) is 0 Å². The van der Waals surface area contributed by atoms with Gasteiger partial charge >= 0.3 is 6.09 Å². The van der Waals surface area contributed by atoms with E-state index in [1.807, 2.05) is 39.0 Å². The second-order valence-electron chi connectivity index (χ2n) is 6.10. The fourth-order valence-electron chi connectivity index (χ4n) is 2.46. The van der Waals surface area contributed by atoms with E-state index in [0.29, 0.717) is 0 Å². The molecule has 0 aromatic heterocycles. The Morgan fingerprint density at radius 1 is 1.42 bits per heavy atom. The molecule has 1 amide bonds. The highest BCUT2D eigenvalue weighted by atomic mass is 16.6. The standard InChI is InChI=1S/C15H20BNO2/c1-15(2,3)19-14(18)17(4)13-8-6-10-5-7-11(16)9-12(10)13/h5,7,9,13H,6,8H2,1-4H3/t13-/m1/s1. The molecular weight excluding hydrogens is 237 g/mol. The molecule has 0 spiro atoms. The molecule has 0 heterocycles. The third kappa shape index (κ3) is 3.11. The Labute approximate surface area is 116 Å². The minimum absolute atomic E-state index is 0.0633. The summed E-state index contributed by atoms with van der Waals surface area (Å²) in [7, 11) is 7.63. The van der Waals surface area contributed by atoms with E-state index >= 15 is 0 Å². The number of carbonyl (C=O) groups is 1. The zero-order chi connectivity index (χ0) is 14.2. The van der Waals surface area contributed by atoms with Gasteiger partial charge in [-0.3, -0.25) is 0 Å². The molecule has 0 unspecified atom stereocenters. The van der Waals surface area contributed by atoms with Crippen molar-refractivity contribution in [1.29, 1.82) is 0 Å². The maximum absolute atomic E-state index is 12.1. The van der Waals surface area contributed by atoms with E-state index in [9.17, 15) is 4.79 Å². The van der Waals surface area contributed by atoms with Crippen LogP contribution in [0.4, 0.5) is 4.79 Å². The van der Waals surface area contributed by atoms with E-state index in [1.54, 1.807) is 11.9 Å². The SMILES string of the molecule is [B]c1ccc2c(c1)[C@H](N(C)C(=O)OC(C)(C)C)CC2. The number of ether oxygens (including phenoxy) is 1. The maximum atomic E-state index is 12.1. The molecule has 1 atom stereocenters. The Balaban J connectivity index is 2.17. The minimum Gasteiger partial charge on any atom is -0.444 e. The summed E-state index contributed by atoms with van der Waals surface area (Å²) < 4.78 is 5.41. The number of fused-ring (bicyclic) bond motifs is 1. The Bertz CT molecular complexity index is 493. The first-order valence-corrected chi connectivity index (χ1v) is 6.62. The number of aryl methyl sites for hydroxylation is 1. The molecule has 19 heavy (non-hydrogen) atoms. The van der Waals surface area contributed by atoms with Gasteiger partial charge in [0.1, 0.15) is 13.4 Å². The lowest BCUT2D eigenvalue weighted by molar-refractivity contribution is 0.0220. The fourth-order valence-corrected chi connectivity index (χ4v) is 2.46. The van der Waals surface area contributed by atoms with E-state index in [4.69, 9.17) is 12.6 Å². The Kier molecular flexibility index (Phi) is 3.61. The van der Waals surface area contributed by atoms with Gasteiger partial charge in [-0.15, -0.1) is 0 Å². The summed E-state index contributed by atoms with van der Waals surface area (Å²) in [6.07, 6.45) is 1.62. The number of hydrogen-bond acceptors (Lipinski definition) is 2. The van der Waals surface area contributed by atoms with Gasteiger partial charge in [0.15, 0.2) is 0 Å². The zero-order valence-electron chi connectivity index (χ0n) is 12.1. The van der Waals surface area contributed by atoms with Crippen molar-refractivity contribution in [2.75, 3.05) is 7.05 Å². The molecule has 0 saturated heterocycles. The van der Waals surface area contributed by atoms with E-state index in [-0.39, 0.29) is 12.1 Å². The smallest absolute Gasteiger partial charge is 0.410 e. The normalized spacial score (nSPS) is 18.0. The molecule has 0 aliphatic heterocycles. The predicted octanol–water partition coefficient (Wildman–Crippen LogP) is 2.33. The molecule has 2 rings (SSSR count). The monoisotopic (exact) mass is 257 g/mol. The van der Waals surface area contributed by atoms with Crippen LogP contribution in [0.5, 0.6) is 0 Å². The number of rotatable bonds is 1. The molecule has 1 aromatic carbocycles. The highest BCUT2D eigenvalue weighted by Gasteiger charge is 2.31. The number of benzene rings is 1. The molecule has 3 nitrogen and oxygen atoms in total. The van der Waals surface area contributed by atoms with Crippen LogP contribution < -0.4 is 5.46 Å². The topological polar surface area (TPSA) is 29.5 Å². The molecular formula is C15H20BNO2. The fraction of sp³-hybridized carbons (Fsp3) is 0.533. The number of hydrogen-bond donors (Lipinski definition) is 0. The lowest BCUT2D eigenvalue weighted by atomic mass is 9.92. The van der Waals surface area contributed by atoms with Crippen LogP contribution in [0.15, 0.2) is 18.2 Å². The quantitative estimate of drug-likeness (QED) is 0.722. The first-order valence-electron chi connectivity index (χ1n) is 6.62. The summed E-state index contributed by atoms with van der Waals surface area (Å²) >= 11 is 0. The van der Waals surface area contributed by atoms with Crippen LogP contribution in [-0.4, -0.2) is 31.5 Å². The summed E-state index contributed by atoms with van der Waals surface area (Å²) in [6.45, 7) is 5.62. The van der Waals surface area contributed by atoms with Crippen molar-refractivity contribution < 1.29 is 9.53 Å². The second-order valence-corrected chi connectivity index (χ2v) is 6.10. The van der Waals surface area contributed by atoms with Gasteiger partial charge in [-0.1, -0.05) is 23.7 Å². The van der Waals surface area contributed by atoms with Gasteiger partial charge in [-0.05, 0) is 44.7 Å². The first-order chi connectivity index (χ1) is 8.78. The van der Waals surface area contributed by atoms with E-state index < -0.39 is 5.60 Å². The van der Waals surface area contributed by atoms with Crippen LogP contribution in [0.25, 0.3) is 0 Å². The van der Waals surface area contributed by atoms with Gasteiger partial charge in [0, 0.05) is 7.05 Å². The molecule has 4 heteroatoms. The number of carbonyl (C=O) groups excluding carboxylic acids is 1. The molecule has 0 saturated carbocycles. The van der Waals surface area contributed by atoms with Gasteiger partial charge in [0.2, 0.25) is 0 Å². The average molecular weight is 257 g/mol. The van der Waals surface area contributed by atoms with E-state index in [1.165, 1.54) is 5.56 Å². The van der Waals surface area contributed by atoms with Crippen LogP contribution in [0.2, 0.25) is 0 Å². The molecule has 1 aromatic rings. The molecule has 0 bridgehead atoms. The van der Waals surface area contributed by atoms with Gasteiger partial charge in [-0.25, -0.2) is 4.79 Å². The molecule has 0 N–H and O–H groups in total. The Hall–Kier alpha value is -1.45. The summed E-state index contributed by atoms with van der Waals surface area (Å²) in [5, 5.41) is 0. The summed E-state index contributed by atoms with van der Waals surface area (Å²) in [4.78, 5) is 13.8. The predicted molar refractivity (Wildman–Crippen MR) is 76.9 cm³/mol. The van der Waals surface area contributed by atoms with Gasteiger partial charge < -0.3 is 9.64 Å². The first kappa shape index (κ1) is 14.0. The Morgan fingerprint density at radius 2 is 2.11 bits per heavy atom. The lowest BCUT2D eigenvalue weighted by Crippen LogP contribution is -2.36. The second kappa shape index (κ2) is 4.91. The maximum Gasteiger partial charge on any atom is 0.410 e. The summed E-state index contributed by atoms with van der Waals surface area (Å²) in [5.74, 6) is 0. The van der Waals surface area contributed by atoms with E-state index in [0.717, 1.165) is 23.9 Å². The summed E-state index contributed by atoms with van der Waals surface area (Å²) in [5.41, 5.74) is 2.69. The van der Waals surface area contributed by atoms with Gasteiger partial charge in [0.05, 0.1) is 6.04 Å². The van der Waals surface area contributed by atoms with Gasteiger partial charge in [0.25, 0.3) is 0 Å². The number of nitrogens with zero attached hydrogens (tertiary/aromatic N) is 1. The average Bonchev–Trinajstić information content (AvgIpc) is 2.68. The van der Waals surface area contributed by atoms with Crippen molar-refractivity contribution in [3.8, 4) is 0 Å². The van der Waals surface area contributed by atoms with Crippen molar-refractivity contribution in [3.05, 3.63) is 29.3 Å². The van der Waals surface area contributed by atoms with Crippen LogP contribution in [-0.2, 0) is 11.2 Å². The molecule has 0 fully saturated rings. The highest BCUT2D eigenvalue weighted by molar-refractivity contribution is 6.32. The van der Waals surface area contributed by atoms with Crippen molar-refractivity contribution >= 4 is 19.4 Å². The van der Waals surface area contributed by atoms with Crippen molar-refractivity contribution in [1.82, 2.24) is 4.90 Å². The largest absolute Gasteiger partial charge is 0.444 e. The van der Waals surface area contributed by atoms with Crippen molar-refractivity contribution in [3.63, 3.8) is 0 Å². The van der Waals surface area contributed by atoms with Crippen LogP contribution >= 0.6 is 0 Å². The summed E-state index contributed by atoms with van der Waals surface area (Å²) in [6, 6.07) is 5.99. The molecule has 100 valence electrons. The Morgan fingerprint density at radius 3 is 2.74 bits per heavy atom. The van der Waals surface area contributed by atoms with Crippen LogP contribution in [0, 0.1) is 0 Å². The molecule has 1 aliphatic rings. The lowest BCUT2D eigenvalue weighted by Gasteiger charge is -2.29. The van der Waals surface area contributed by atoms with Crippen molar-refractivity contribution in [2.24, 2.45) is 0 Å². The third-order valence-corrected chi connectivity index (χ3v) is 3.37. The van der Waals surface area contributed by atoms with Crippen molar-refractivity contribution in [2.45, 2.75) is 45.3 Å². The highest BCUT2D eigenvalue weighted by Crippen LogP contribution is 2.34. The third-order valence-electron chi connectivity index (χ3n) is 3.37. The van der Waals surface area contributed by atoms with Crippen LogP contribution in [0.1, 0.15) is 44.4 Å². The van der Waals surface area contributed by atoms with Gasteiger partial charge in [-0.2, -0.15) is 0 Å².